The number of carbonyl (C=O) groups is 1. The molecular formula is C24H29N3O6S. The minimum absolute atomic E-state index is 0.0787. The van der Waals surface area contributed by atoms with Crippen LogP contribution in [0.3, 0.4) is 0 Å². The number of amides is 1. The summed E-state index contributed by atoms with van der Waals surface area (Å²) in [5.41, 5.74) is 1.18. The molecule has 0 aliphatic heterocycles. The van der Waals surface area contributed by atoms with Gasteiger partial charge in [-0.05, 0) is 68.3 Å². The summed E-state index contributed by atoms with van der Waals surface area (Å²) in [4.78, 5) is 13.1. The highest BCUT2D eigenvalue weighted by molar-refractivity contribution is 7.90. The fourth-order valence-corrected chi connectivity index (χ4v) is 3.74. The van der Waals surface area contributed by atoms with Gasteiger partial charge in [0.1, 0.15) is 11.5 Å². The van der Waals surface area contributed by atoms with Crippen LogP contribution in [0.4, 0.5) is 5.82 Å². The van der Waals surface area contributed by atoms with Crippen molar-refractivity contribution >= 4 is 21.6 Å². The molecule has 0 radical (unpaired) electrons. The van der Waals surface area contributed by atoms with Crippen LogP contribution in [0.15, 0.2) is 59.6 Å². The van der Waals surface area contributed by atoms with Gasteiger partial charge >= 0.3 is 0 Å². The van der Waals surface area contributed by atoms with Gasteiger partial charge in [0.15, 0.2) is 15.7 Å². The van der Waals surface area contributed by atoms with E-state index in [-0.39, 0.29) is 23.5 Å². The van der Waals surface area contributed by atoms with Crippen LogP contribution >= 0.6 is 0 Å². The Morgan fingerprint density at radius 2 is 1.88 bits per heavy atom. The molecule has 3 rings (SSSR count). The van der Waals surface area contributed by atoms with E-state index in [0.717, 1.165) is 11.8 Å². The first-order valence-corrected chi connectivity index (χ1v) is 12.8. The smallest absolute Gasteiger partial charge is 0.257 e. The molecule has 34 heavy (non-hydrogen) atoms. The Labute approximate surface area is 199 Å². The number of nitrogens with zero attached hydrogens (tertiary/aromatic N) is 2. The van der Waals surface area contributed by atoms with Crippen molar-refractivity contribution in [2.45, 2.75) is 37.8 Å². The predicted octanol–water partition coefficient (Wildman–Crippen LogP) is 3.29. The van der Waals surface area contributed by atoms with E-state index in [4.69, 9.17) is 14.6 Å². The molecule has 1 atom stereocenters. The summed E-state index contributed by atoms with van der Waals surface area (Å²) in [6.07, 6.45) is 3.13. The number of aromatic nitrogens is 2. The maximum Gasteiger partial charge on any atom is 0.257 e. The van der Waals surface area contributed by atoms with Crippen molar-refractivity contribution in [1.29, 1.82) is 0 Å². The molecule has 0 bridgehead atoms. The van der Waals surface area contributed by atoms with Crippen LogP contribution < -0.4 is 10.1 Å². The highest BCUT2D eigenvalue weighted by Gasteiger charge is 2.13. The van der Waals surface area contributed by atoms with Gasteiger partial charge in [-0.2, -0.15) is 5.10 Å². The van der Waals surface area contributed by atoms with Crippen molar-refractivity contribution in [3.8, 4) is 11.5 Å². The Morgan fingerprint density at radius 3 is 2.50 bits per heavy atom. The van der Waals surface area contributed by atoms with E-state index in [1.807, 2.05) is 6.92 Å². The molecule has 0 aliphatic rings. The summed E-state index contributed by atoms with van der Waals surface area (Å²) in [7, 11) is -3.31. The molecule has 0 spiro atoms. The van der Waals surface area contributed by atoms with Crippen LogP contribution in [0, 0.1) is 0 Å². The summed E-state index contributed by atoms with van der Waals surface area (Å²) in [5.74, 6) is 0.952. The molecule has 3 aromatic rings. The van der Waals surface area contributed by atoms with E-state index in [0.29, 0.717) is 42.5 Å². The lowest BCUT2D eigenvalue weighted by Gasteiger charge is -2.13. The third-order valence-electron chi connectivity index (χ3n) is 4.97. The average Bonchev–Trinajstić information content (AvgIpc) is 3.26. The number of benzene rings is 2. The van der Waals surface area contributed by atoms with Crippen molar-refractivity contribution in [2.75, 3.05) is 24.8 Å². The van der Waals surface area contributed by atoms with E-state index in [9.17, 15) is 13.2 Å². The van der Waals surface area contributed by atoms with E-state index < -0.39 is 9.84 Å². The summed E-state index contributed by atoms with van der Waals surface area (Å²) >= 11 is 0. The Morgan fingerprint density at radius 1 is 1.15 bits per heavy atom. The van der Waals surface area contributed by atoms with Crippen LogP contribution in [-0.4, -0.2) is 54.8 Å². The number of hydrogen-bond acceptors (Lipinski definition) is 7. The standard InChI is InChI=1S/C24H29N3O6S/c1-4-27-11-9-23(26-27)25-24(29)19-13-18(10-12-32-17(2)16-28)14-21(15-19)33-20-5-7-22(8-6-20)34(3,30)31/h5-9,11,13-15,17,28H,4,10,12,16H2,1-3H3,(H,25,26,29). The second-order valence-corrected chi connectivity index (χ2v) is 9.85. The molecule has 1 aromatic heterocycles. The highest BCUT2D eigenvalue weighted by atomic mass is 32.2. The lowest BCUT2D eigenvalue weighted by molar-refractivity contribution is 0.0267. The van der Waals surface area contributed by atoms with Gasteiger partial charge < -0.3 is 19.9 Å². The Hall–Kier alpha value is -3.21. The number of rotatable bonds is 11. The molecule has 0 aliphatic carbocycles. The zero-order valence-corrected chi connectivity index (χ0v) is 20.2. The molecule has 0 saturated carbocycles. The van der Waals surface area contributed by atoms with Crippen LogP contribution in [-0.2, 0) is 27.5 Å². The number of aryl methyl sites for hydroxylation is 1. The molecule has 1 heterocycles. The molecule has 182 valence electrons. The minimum atomic E-state index is -3.31. The SMILES string of the molecule is CCn1ccc(NC(=O)c2cc(CCOC(C)CO)cc(Oc3ccc(S(C)(=O)=O)cc3)c2)n1. The first kappa shape index (κ1) is 25.4. The van der Waals surface area contributed by atoms with E-state index in [2.05, 4.69) is 10.4 Å². The van der Waals surface area contributed by atoms with Crippen LogP contribution in [0.5, 0.6) is 11.5 Å². The van der Waals surface area contributed by atoms with Crippen molar-refractivity contribution < 1.29 is 27.8 Å². The van der Waals surface area contributed by atoms with Crippen molar-refractivity contribution in [2.24, 2.45) is 0 Å². The first-order chi connectivity index (χ1) is 16.2. The third-order valence-corrected chi connectivity index (χ3v) is 6.10. The number of hydrogen-bond donors (Lipinski definition) is 2. The van der Waals surface area contributed by atoms with E-state index >= 15 is 0 Å². The van der Waals surface area contributed by atoms with Gasteiger partial charge in [0, 0.05) is 30.6 Å². The molecule has 1 unspecified atom stereocenters. The Bertz CT molecular complexity index is 1220. The second kappa shape index (κ2) is 11.3. The van der Waals surface area contributed by atoms with Crippen LogP contribution in [0.1, 0.15) is 29.8 Å². The fraction of sp³-hybridized carbons (Fsp3) is 0.333. The average molecular weight is 488 g/mol. The van der Waals surface area contributed by atoms with E-state index in [1.165, 1.54) is 12.1 Å². The monoisotopic (exact) mass is 487 g/mol. The summed E-state index contributed by atoms with van der Waals surface area (Å²) in [6.45, 7) is 4.69. The van der Waals surface area contributed by atoms with Gasteiger partial charge in [-0.25, -0.2) is 8.42 Å². The number of carbonyl (C=O) groups excluding carboxylic acids is 1. The zero-order chi connectivity index (χ0) is 24.7. The number of aliphatic hydroxyl groups excluding tert-OH is 1. The normalized spacial score (nSPS) is 12.4. The Balaban J connectivity index is 1.83. The predicted molar refractivity (Wildman–Crippen MR) is 128 cm³/mol. The quantitative estimate of drug-likeness (QED) is 0.426. The number of ether oxygens (including phenoxy) is 2. The number of anilines is 1. The van der Waals surface area contributed by atoms with Crippen LogP contribution in [0.2, 0.25) is 0 Å². The highest BCUT2D eigenvalue weighted by Crippen LogP contribution is 2.26. The molecule has 1 amide bonds. The van der Waals surface area contributed by atoms with Gasteiger partial charge in [0.2, 0.25) is 0 Å². The molecule has 9 nitrogen and oxygen atoms in total. The van der Waals surface area contributed by atoms with Gasteiger partial charge in [-0.3, -0.25) is 9.48 Å². The molecule has 2 N–H and O–H groups in total. The lowest BCUT2D eigenvalue weighted by atomic mass is 10.1. The van der Waals surface area contributed by atoms with Gasteiger partial charge in [-0.15, -0.1) is 0 Å². The second-order valence-electron chi connectivity index (χ2n) is 7.84. The molecule has 2 aromatic carbocycles. The molecule has 10 heteroatoms. The summed E-state index contributed by atoms with van der Waals surface area (Å²) in [6, 6.07) is 12.9. The molecular weight excluding hydrogens is 458 g/mol. The largest absolute Gasteiger partial charge is 0.457 e. The summed E-state index contributed by atoms with van der Waals surface area (Å²) < 4.78 is 36.6. The number of sulfone groups is 1. The number of nitrogens with one attached hydrogen (secondary N) is 1. The Kier molecular flexibility index (Phi) is 8.43. The fourth-order valence-electron chi connectivity index (χ4n) is 3.11. The van der Waals surface area contributed by atoms with Gasteiger partial charge in [0.05, 0.1) is 24.2 Å². The topological polar surface area (TPSA) is 120 Å². The number of aliphatic hydroxyl groups is 1. The lowest BCUT2D eigenvalue weighted by Crippen LogP contribution is -2.15. The van der Waals surface area contributed by atoms with Crippen molar-refractivity contribution in [3.05, 3.63) is 65.9 Å². The van der Waals surface area contributed by atoms with Crippen molar-refractivity contribution in [1.82, 2.24) is 9.78 Å². The maximum absolute atomic E-state index is 12.9. The minimum Gasteiger partial charge on any atom is -0.457 e. The van der Waals surface area contributed by atoms with Crippen molar-refractivity contribution in [3.63, 3.8) is 0 Å². The molecule has 0 saturated heterocycles. The van der Waals surface area contributed by atoms with Crippen LogP contribution in [0.25, 0.3) is 0 Å². The third kappa shape index (κ3) is 7.14. The zero-order valence-electron chi connectivity index (χ0n) is 19.4. The summed E-state index contributed by atoms with van der Waals surface area (Å²) in [5, 5.41) is 16.2. The van der Waals surface area contributed by atoms with E-state index in [1.54, 1.807) is 54.2 Å². The first-order valence-electron chi connectivity index (χ1n) is 10.9. The molecule has 0 fully saturated rings. The van der Waals surface area contributed by atoms with Gasteiger partial charge in [0.25, 0.3) is 5.91 Å². The van der Waals surface area contributed by atoms with Gasteiger partial charge in [-0.1, -0.05) is 0 Å². The maximum atomic E-state index is 12.9.